The van der Waals surface area contributed by atoms with E-state index < -0.39 is 12.1 Å². The number of carboxylic acid groups (broad SMARTS) is 1. The number of carbonyl (C=O) groups is 3. The second-order valence-corrected chi connectivity index (χ2v) is 14.0. The highest BCUT2D eigenvalue weighted by molar-refractivity contribution is 6.27. The van der Waals surface area contributed by atoms with Gasteiger partial charge in [-0.25, -0.2) is 4.79 Å². The number of carbonyl (C=O) groups excluding carboxylic acids is 2. The van der Waals surface area contributed by atoms with Crippen LogP contribution in [-0.4, -0.2) is 90.3 Å². The molecule has 304 valence electrons. The average Bonchev–Trinajstić information content (AvgIpc) is 3.70. The summed E-state index contributed by atoms with van der Waals surface area (Å²) >= 11 is 0. The molecule has 4 aromatic carbocycles. The Hall–Kier alpha value is -6.26. The number of alkyl halides is 3. The van der Waals surface area contributed by atoms with E-state index in [1.165, 1.54) is 0 Å². The predicted molar refractivity (Wildman–Crippen MR) is 219 cm³/mol. The second-order valence-electron chi connectivity index (χ2n) is 14.0. The van der Waals surface area contributed by atoms with E-state index in [1.807, 2.05) is 84.9 Å². The molecule has 0 saturated carbocycles. The van der Waals surface area contributed by atoms with Crippen LogP contribution in [0.1, 0.15) is 31.8 Å². The van der Waals surface area contributed by atoms with E-state index in [0.29, 0.717) is 70.0 Å². The first kappa shape index (κ1) is 40.9. The molecule has 8 rings (SSSR count). The number of aromatic nitrogens is 2. The van der Waals surface area contributed by atoms with Gasteiger partial charge in [0.05, 0.1) is 22.5 Å². The molecular weight excluding hydrogens is 766 g/mol. The number of halogens is 3. The monoisotopic (exact) mass is 806 g/mol. The van der Waals surface area contributed by atoms with Crippen molar-refractivity contribution in [2.45, 2.75) is 19.3 Å². The van der Waals surface area contributed by atoms with Crippen molar-refractivity contribution in [1.82, 2.24) is 30.4 Å². The van der Waals surface area contributed by atoms with Gasteiger partial charge in [-0.1, -0.05) is 84.9 Å². The molecule has 2 heterocycles. The summed E-state index contributed by atoms with van der Waals surface area (Å²) in [6.07, 6.45) is -5.08. The van der Waals surface area contributed by atoms with Crippen LogP contribution in [-0.2, 0) is 17.9 Å². The fourth-order valence-electron chi connectivity index (χ4n) is 7.70. The van der Waals surface area contributed by atoms with Crippen molar-refractivity contribution in [3.05, 3.63) is 140 Å². The first-order valence-electron chi connectivity index (χ1n) is 19.2. The number of fused-ring (bicyclic) bond motifs is 10. The molecule has 5 N–H and O–H groups in total. The molecule has 2 aliphatic rings. The molecule has 0 fully saturated rings. The number of nitrogens with zero attached hydrogens (tertiary/aromatic N) is 2. The molecule has 0 aliphatic heterocycles. The summed E-state index contributed by atoms with van der Waals surface area (Å²) < 4.78 is 35.2. The Balaban J connectivity index is 0.000000694. The summed E-state index contributed by atoms with van der Waals surface area (Å²) in [6, 6.07) is 29.8. The maximum atomic E-state index is 13.5. The van der Waals surface area contributed by atoms with E-state index in [-0.39, 0.29) is 22.7 Å². The topological polar surface area (TPSA) is 164 Å². The maximum Gasteiger partial charge on any atom is 0.490 e. The fourth-order valence-corrected chi connectivity index (χ4v) is 7.70. The van der Waals surface area contributed by atoms with Gasteiger partial charge in [0, 0.05) is 109 Å². The molecule has 59 heavy (non-hydrogen) atoms. The number of pyridine rings is 2. The van der Waals surface area contributed by atoms with Gasteiger partial charge in [0.2, 0.25) is 0 Å². The average molecular weight is 807 g/mol. The lowest BCUT2D eigenvalue weighted by Crippen LogP contribution is -2.37. The van der Waals surface area contributed by atoms with Crippen LogP contribution in [0.25, 0.3) is 44.1 Å². The van der Waals surface area contributed by atoms with Crippen molar-refractivity contribution < 1.29 is 32.7 Å². The highest BCUT2D eigenvalue weighted by Gasteiger charge is 2.38. The first-order valence-corrected chi connectivity index (χ1v) is 19.2. The molecule has 0 radical (unpaired) electrons. The minimum Gasteiger partial charge on any atom is -0.475 e. The van der Waals surface area contributed by atoms with Gasteiger partial charge in [0.15, 0.2) is 11.6 Å². The zero-order valence-electron chi connectivity index (χ0n) is 31.8. The number of rotatable bonds is 15. The number of aliphatic carboxylic acids is 1. The van der Waals surface area contributed by atoms with Gasteiger partial charge < -0.3 is 35.5 Å². The van der Waals surface area contributed by atoms with Crippen LogP contribution in [0, 0.1) is 0 Å². The minimum atomic E-state index is -5.08. The minimum absolute atomic E-state index is 0.0249. The standard InChI is InChI=1S/C42H40N6O4.C2HF3O2/c49-39-31-13-5-3-11-29(31)37-35(39)27-9-1-7-15-33(27)41(51)47(37)25-23-45-21-19-43-17-18-44-20-22-46-24-26-48-38-30-12-4-6-14-32(30)40(50)36(38)28-10-2-8-16-34(28)42(48)52;3-2(4,5)1(6)7/h1-16,43-46H,17-26H2;(H,6,7). The summed E-state index contributed by atoms with van der Waals surface area (Å²) in [7, 11) is 0. The van der Waals surface area contributed by atoms with E-state index >= 15 is 0 Å². The molecule has 0 saturated heterocycles. The summed E-state index contributed by atoms with van der Waals surface area (Å²) in [4.78, 5) is 62.7. The van der Waals surface area contributed by atoms with Gasteiger partial charge in [-0.2, -0.15) is 13.2 Å². The fraction of sp³-hybridized carbons (Fsp3) is 0.250. The molecule has 0 amide bonds. The summed E-state index contributed by atoms with van der Waals surface area (Å²) in [6.45, 7) is 6.80. The van der Waals surface area contributed by atoms with Gasteiger partial charge in [0.25, 0.3) is 11.1 Å². The van der Waals surface area contributed by atoms with Gasteiger partial charge in [-0.3, -0.25) is 19.2 Å². The van der Waals surface area contributed by atoms with Crippen LogP contribution in [0.4, 0.5) is 13.2 Å². The Bertz CT molecular complexity index is 2540. The van der Waals surface area contributed by atoms with E-state index in [4.69, 9.17) is 9.90 Å². The van der Waals surface area contributed by atoms with Crippen LogP contribution < -0.4 is 32.4 Å². The molecule has 12 nitrogen and oxygen atoms in total. The quantitative estimate of drug-likeness (QED) is 0.0938. The van der Waals surface area contributed by atoms with Gasteiger partial charge >= 0.3 is 12.1 Å². The van der Waals surface area contributed by atoms with Crippen molar-refractivity contribution in [3.63, 3.8) is 0 Å². The number of benzene rings is 4. The lowest BCUT2D eigenvalue weighted by Gasteiger charge is -2.16. The van der Waals surface area contributed by atoms with Crippen molar-refractivity contribution >= 4 is 39.1 Å². The molecule has 0 atom stereocenters. The molecule has 6 aromatic rings. The number of nitrogens with one attached hydrogen (secondary N) is 4. The molecular formula is C44H41F3N6O6. The number of hydrogen-bond acceptors (Lipinski definition) is 9. The highest BCUT2D eigenvalue weighted by Crippen LogP contribution is 2.40. The third kappa shape index (κ3) is 8.23. The Kier molecular flexibility index (Phi) is 12.3. The Morgan fingerprint density at radius 3 is 1.10 bits per heavy atom. The van der Waals surface area contributed by atoms with Crippen LogP contribution in [0.5, 0.6) is 0 Å². The number of carboxylic acids is 1. The van der Waals surface area contributed by atoms with Crippen LogP contribution in [0.15, 0.2) is 107 Å². The number of ketones is 2. The normalized spacial score (nSPS) is 12.6. The number of hydrogen-bond donors (Lipinski definition) is 5. The first-order chi connectivity index (χ1) is 28.5. The Morgan fingerprint density at radius 2 is 0.763 bits per heavy atom. The van der Waals surface area contributed by atoms with Crippen molar-refractivity contribution in [2.24, 2.45) is 0 Å². The molecule has 2 aliphatic carbocycles. The third-order valence-electron chi connectivity index (χ3n) is 10.4. The molecule has 15 heteroatoms. The highest BCUT2D eigenvalue weighted by atomic mass is 19.4. The SMILES string of the molecule is O=C(O)C(F)(F)F.O=C1c2ccccc2-c2c1c1ccccc1c(=O)n2CCNCCNCCNCCNCCn1c2c(c3ccccc3c1=O)C(=O)c1ccccc1-2. The summed E-state index contributed by atoms with van der Waals surface area (Å²) in [5.41, 5.74) is 5.46. The van der Waals surface area contributed by atoms with E-state index in [0.717, 1.165) is 61.8 Å². The van der Waals surface area contributed by atoms with Crippen LogP contribution >= 0.6 is 0 Å². The zero-order chi connectivity index (χ0) is 41.7. The molecule has 0 bridgehead atoms. The zero-order valence-corrected chi connectivity index (χ0v) is 31.8. The maximum absolute atomic E-state index is 13.5. The summed E-state index contributed by atoms with van der Waals surface area (Å²) in [5.74, 6) is -2.81. The third-order valence-corrected chi connectivity index (χ3v) is 10.4. The second kappa shape index (κ2) is 17.7. The largest absolute Gasteiger partial charge is 0.490 e. The molecule has 2 aromatic heterocycles. The van der Waals surface area contributed by atoms with Crippen molar-refractivity contribution in [2.75, 3.05) is 52.4 Å². The summed E-state index contributed by atoms with van der Waals surface area (Å²) in [5, 5.41) is 23.4. The Morgan fingerprint density at radius 1 is 0.475 bits per heavy atom. The van der Waals surface area contributed by atoms with Crippen molar-refractivity contribution in [3.8, 4) is 22.5 Å². The van der Waals surface area contributed by atoms with Crippen LogP contribution in [0.2, 0.25) is 0 Å². The Labute approximate surface area is 335 Å². The van der Waals surface area contributed by atoms with E-state index in [9.17, 15) is 32.3 Å². The molecule has 0 unspecified atom stereocenters. The van der Waals surface area contributed by atoms with Gasteiger partial charge in [-0.15, -0.1) is 0 Å². The van der Waals surface area contributed by atoms with Gasteiger partial charge in [-0.05, 0) is 12.1 Å². The lowest BCUT2D eigenvalue weighted by molar-refractivity contribution is -0.192. The predicted octanol–water partition coefficient (Wildman–Crippen LogP) is 4.43. The van der Waals surface area contributed by atoms with Gasteiger partial charge in [0.1, 0.15) is 0 Å². The van der Waals surface area contributed by atoms with E-state index in [2.05, 4.69) is 21.3 Å². The van der Waals surface area contributed by atoms with Crippen LogP contribution in [0.3, 0.4) is 0 Å². The lowest BCUT2D eigenvalue weighted by atomic mass is 10.0. The van der Waals surface area contributed by atoms with E-state index in [1.54, 1.807) is 21.3 Å². The van der Waals surface area contributed by atoms with Crippen molar-refractivity contribution in [1.29, 1.82) is 0 Å². The molecule has 0 spiro atoms. The smallest absolute Gasteiger partial charge is 0.475 e.